The first-order valence-corrected chi connectivity index (χ1v) is 8.45. The van der Waals surface area contributed by atoms with E-state index in [1.54, 1.807) is 0 Å². The molecule has 0 amide bonds. The van der Waals surface area contributed by atoms with E-state index in [2.05, 4.69) is 40.0 Å². The van der Waals surface area contributed by atoms with Crippen LogP contribution in [0.2, 0.25) is 0 Å². The molecule has 1 nitrogen and oxygen atoms in total. The minimum atomic E-state index is 0.100. The second-order valence-corrected chi connectivity index (χ2v) is 7.86. The van der Waals surface area contributed by atoms with Gasteiger partial charge < -0.3 is 5.11 Å². The standard InChI is InChI=1S/C20H32O/c1-6-15(2)8-10-17-16(3)9-11-18-19(4,14-21)12-7-13-20(17,18)5/h6,8,17-18,21H,1,3,7,9-14H2,2,4-5H3/b15-8-/t17-,18-,19-,20-/m1/s1. The van der Waals surface area contributed by atoms with Gasteiger partial charge in [0.2, 0.25) is 0 Å². The minimum absolute atomic E-state index is 0.100. The number of hydrogen-bond acceptors (Lipinski definition) is 1. The summed E-state index contributed by atoms with van der Waals surface area (Å²) in [5.41, 5.74) is 3.07. The van der Waals surface area contributed by atoms with Crippen molar-refractivity contribution in [1.29, 1.82) is 0 Å². The molecule has 2 saturated carbocycles. The maximum absolute atomic E-state index is 9.96. The van der Waals surface area contributed by atoms with Crippen molar-refractivity contribution in [2.24, 2.45) is 22.7 Å². The van der Waals surface area contributed by atoms with Gasteiger partial charge in [0, 0.05) is 6.61 Å². The van der Waals surface area contributed by atoms with Crippen molar-refractivity contribution >= 4 is 0 Å². The summed E-state index contributed by atoms with van der Waals surface area (Å²) in [6, 6.07) is 0. The van der Waals surface area contributed by atoms with Crippen molar-refractivity contribution in [2.75, 3.05) is 6.61 Å². The number of aliphatic hydroxyl groups excluding tert-OH is 1. The average molecular weight is 288 g/mol. The van der Waals surface area contributed by atoms with E-state index in [9.17, 15) is 5.11 Å². The predicted octanol–water partition coefficient (Wildman–Crippen LogP) is 5.28. The molecule has 0 bridgehead atoms. The van der Waals surface area contributed by atoms with Gasteiger partial charge in [-0.1, -0.05) is 56.7 Å². The van der Waals surface area contributed by atoms with Gasteiger partial charge in [0.1, 0.15) is 0 Å². The first-order valence-electron chi connectivity index (χ1n) is 8.45. The zero-order valence-electron chi connectivity index (χ0n) is 14.1. The second-order valence-electron chi connectivity index (χ2n) is 7.86. The molecule has 0 unspecified atom stereocenters. The Bertz CT molecular complexity index is 447. The third kappa shape index (κ3) is 2.90. The summed E-state index contributed by atoms with van der Waals surface area (Å²) in [4.78, 5) is 0. The highest BCUT2D eigenvalue weighted by atomic mass is 16.3. The van der Waals surface area contributed by atoms with E-state index in [-0.39, 0.29) is 5.41 Å². The van der Waals surface area contributed by atoms with Crippen LogP contribution in [0.25, 0.3) is 0 Å². The summed E-state index contributed by atoms with van der Waals surface area (Å²) >= 11 is 0. The zero-order chi connectivity index (χ0) is 15.7. The van der Waals surface area contributed by atoms with Gasteiger partial charge in [0.15, 0.2) is 0 Å². The topological polar surface area (TPSA) is 20.2 Å². The Morgan fingerprint density at radius 2 is 2.10 bits per heavy atom. The van der Waals surface area contributed by atoms with Gasteiger partial charge in [-0.2, -0.15) is 0 Å². The lowest BCUT2D eigenvalue weighted by atomic mass is 9.47. The first kappa shape index (κ1) is 16.5. The summed E-state index contributed by atoms with van der Waals surface area (Å²) in [6.07, 6.45) is 11.3. The van der Waals surface area contributed by atoms with Crippen LogP contribution < -0.4 is 0 Å². The van der Waals surface area contributed by atoms with E-state index in [1.165, 1.54) is 36.8 Å². The Morgan fingerprint density at radius 1 is 1.38 bits per heavy atom. The molecule has 0 radical (unpaired) electrons. The molecule has 2 rings (SSSR count). The van der Waals surface area contributed by atoms with Gasteiger partial charge in [-0.25, -0.2) is 0 Å². The summed E-state index contributed by atoms with van der Waals surface area (Å²) in [6.45, 7) is 15.4. The van der Waals surface area contributed by atoms with Gasteiger partial charge in [0.25, 0.3) is 0 Å². The quantitative estimate of drug-likeness (QED) is 0.551. The molecule has 1 heteroatoms. The van der Waals surface area contributed by atoms with Gasteiger partial charge in [0.05, 0.1) is 0 Å². The number of allylic oxidation sites excluding steroid dienone is 4. The van der Waals surface area contributed by atoms with Crippen molar-refractivity contribution < 1.29 is 5.11 Å². The molecule has 1 N–H and O–H groups in total. The molecular formula is C20H32O. The monoisotopic (exact) mass is 288 g/mol. The number of rotatable bonds is 4. The molecule has 0 saturated heterocycles. The van der Waals surface area contributed by atoms with E-state index in [0.29, 0.717) is 23.9 Å². The Morgan fingerprint density at radius 3 is 2.71 bits per heavy atom. The molecule has 0 spiro atoms. The molecule has 0 heterocycles. The Kier molecular flexibility index (Phi) is 4.82. The third-order valence-corrected chi connectivity index (χ3v) is 6.50. The molecular weight excluding hydrogens is 256 g/mol. The fraction of sp³-hybridized carbons (Fsp3) is 0.700. The highest BCUT2D eigenvalue weighted by Gasteiger charge is 2.53. The third-order valence-electron chi connectivity index (χ3n) is 6.50. The van der Waals surface area contributed by atoms with Gasteiger partial charge in [-0.15, -0.1) is 0 Å². The maximum Gasteiger partial charge on any atom is 0.0487 e. The Balaban J connectivity index is 2.31. The summed E-state index contributed by atoms with van der Waals surface area (Å²) < 4.78 is 0. The summed E-state index contributed by atoms with van der Waals surface area (Å²) in [5, 5.41) is 9.96. The lowest BCUT2D eigenvalue weighted by molar-refractivity contribution is -0.0837. The van der Waals surface area contributed by atoms with Crippen molar-refractivity contribution in [2.45, 2.75) is 59.3 Å². The van der Waals surface area contributed by atoms with Crippen LogP contribution >= 0.6 is 0 Å². The molecule has 21 heavy (non-hydrogen) atoms. The highest BCUT2D eigenvalue weighted by molar-refractivity contribution is 5.20. The second kappa shape index (κ2) is 6.12. The largest absolute Gasteiger partial charge is 0.396 e. The van der Waals surface area contributed by atoms with Crippen molar-refractivity contribution in [3.8, 4) is 0 Å². The van der Waals surface area contributed by atoms with Crippen LogP contribution in [-0.2, 0) is 0 Å². The van der Waals surface area contributed by atoms with Gasteiger partial charge in [-0.05, 0) is 61.7 Å². The zero-order valence-corrected chi connectivity index (χ0v) is 14.1. The molecule has 0 aromatic rings. The normalized spacial score (nSPS) is 40.8. The first-order chi connectivity index (χ1) is 9.87. The maximum atomic E-state index is 9.96. The molecule has 0 aromatic heterocycles. The van der Waals surface area contributed by atoms with Crippen LogP contribution in [0.3, 0.4) is 0 Å². The lowest BCUT2D eigenvalue weighted by Gasteiger charge is -2.58. The van der Waals surface area contributed by atoms with E-state index < -0.39 is 0 Å². The molecule has 118 valence electrons. The molecule has 0 aliphatic heterocycles. The molecule has 0 aromatic carbocycles. The predicted molar refractivity (Wildman–Crippen MR) is 91.1 cm³/mol. The lowest BCUT2D eigenvalue weighted by Crippen LogP contribution is -2.51. The van der Waals surface area contributed by atoms with Crippen molar-refractivity contribution in [3.63, 3.8) is 0 Å². The van der Waals surface area contributed by atoms with Crippen LogP contribution in [-0.4, -0.2) is 11.7 Å². The molecule has 2 fully saturated rings. The van der Waals surface area contributed by atoms with Crippen molar-refractivity contribution in [1.82, 2.24) is 0 Å². The van der Waals surface area contributed by atoms with Crippen LogP contribution in [0.1, 0.15) is 59.3 Å². The summed E-state index contributed by atoms with van der Waals surface area (Å²) in [5.74, 6) is 1.18. The van der Waals surface area contributed by atoms with Crippen molar-refractivity contribution in [3.05, 3.63) is 36.5 Å². The number of fused-ring (bicyclic) bond motifs is 1. The molecule has 4 atom stereocenters. The molecule has 2 aliphatic carbocycles. The van der Waals surface area contributed by atoms with E-state index in [0.717, 1.165) is 12.8 Å². The van der Waals surface area contributed by atoms with Crippen LogP contribution in [0.15, 0.2) is 36.5 Å². The van der Waals surface area contributed by atoms with E-state index in [4.69, 9.17) is 0 Å². The summed E-state index contributed by atoms with van der Waals surface area (Å²) in [7, 11) is 0. The number of aliphatic hydroxyl groups is 1. The fourth-order valence-electron chi connectivity index (χ4n) is 5.10. The van der Waals surface area contributed by atoms with Crippen LogP contribution in [0.5, 0.6) is 0 Å². The smallest absolute Gasteiger partial charge is 0.0487 e. The van der Waals surface area contributed by atoms with Crippen LogP contribution in [0.4, 0.5) is 0 Å². The highest BCUT2D eigenvalue weighted by Crippen LogP contribution is 2.61. The Hall–Kier alpha value is -0.820. The average Bonchev–Trinajstić information content (AvgIpc) is 2.45. The Labute approximate surface area is 130 Å². The number of hydrogen-bond donors (Lipinski definition) is 1. The van der Waals surface area contributed by atoms with E-state index in [1.807, 2.05) is 6.08 Å². The van der Waals surface area contributed by atoms with E-state index >= 15 is 0 Å². The van der Waals surface area contributed by atoms with Crippen LogP contribution in [0, 0.1) is 22.7 Å². The fourth-order valence-corrected chi connectivity index (χ4v) is 5.10. The minimum Gasteiger partial charge on any atom is -0.396 e. The van der Waals surface area contributed by atoms with Gasteiger partial charge >= 0.3 is 0 Å². The molecule has 2 aliphatic rings. The SMILES string of the molecule is C=C/C(C)=C\C[C@@H]1C(=C)CC[C@@H]2[C@@](C)(CO)CCC[C@]12C. The van der Waals surface area contributed by atoms with Gasteiger partial charge in [-0.3, -0.25) is 0 Å².